The van der Waals surface area contributed by atoms with Gasteiger partial charge >= 0.3 is 12.4 Å². The molecule has 1 saturated heterocycles. The summed E-state index contributed by atoms with van der Waals surface area (Å²) in [6, 6.07) is 4.51. The zero-order valence-electron chi connectivity index (χ0n) is 17.2. The van der Waals surface area contributed by atoms with Crippen molar-refractivity contribution in [3.8, 4) is 0 Å². The van der Waals surface area contributed by atoms with Gasteiger partial charge in [-0.2, -0.15) is 36.3 Å². The Balaban J connectivity index is 1.64. The minimum atomic E-state index is -5.19. The van der Waals surface area contributed by atoms with Gasteiger partial charge in [-0.15, -0.1) is 0 Å². The van der Waals surface area contributed by atoms with Crippen LogP contribution in [0.1, 0.15) is 35.4 Å². The lowest BCUT2D eigenvalue weighted by molar-refractivity contribution is -0.155. The van der Waals surface area contributed by atoms with Crippen molar-refractivity contribution in [3.05, 3.63) is 46.1 Å². The molecule has 2 atom stereocenters. The molecule has 0 amide bonds. The van der Waals surface area contributed by atoms with Gasteiger partial charge in [0.1, 0.15) is 6.79 Å². The lowest BCUT2D eigenvalue weighted by atomic mass is 9.94. The molecule has 1 fully saturated rings. The fourth-order valence-corrected chi connectivity index (χ4v) is 4.50. The van der Waals surface area contributed by atoms with Crippen LogP contribution in [0.25, 0.3) is 10.9 Å². The number of hydrogen-bond acceptors (Lipinski definition) is 6. The highest BCUT2D eigenvalue weighted by molar-refractivity contribution is 6.31. The first-order chi connectivity index (χ1) is 16.0. The lowest BCUT2D eigenvalue weighted by Crippen LogP contribution is -2.39. The number of H-pyrrole nitrogens is 1. The first-order valence-corrected chi connectivity index (χ1v) is 10.5. The van der Waals surface area contributed by atoms with E-state index in [0.29, 0.717) is 17.1 Å². The van der Waals surface area contributed by atoms with E-state index >= 15 is 0 Å². The smallest absolute Gasteiger partial charge is 0.356 e. The van der Waals surface area contributed by atoms with Crippen molar-refractivity contribution < 1.29 is 35.8 Å². The van der Waals surface area contributed by atoms with E-state index in [1.807, 2.05) is 0 Å². The molecule has 2 aromatic heterocycles. The molecule has 0 unspecified atom stereocenters. The Morgan fingerprint density at radius 3 is 2.38 bits per heavy atom. The molecule has 0 saturated carbocycles. The first kappa shape index (κ1) is 23.1. The number of halogens is 7. The fraction of sp³-hybridized carbons (Fsp3) is 0.450. The van der Waals surface area contributed by atoms with Crippen molar-refractivity contribution in [2.75, 3.05) is 24.8 Å². The molecule has 1 aromatic carbocycles. The maximum absolute atomic E-state index is 13.4. The van der Waals surface area contributed by atoms with Crippen LogP contribution in [-0.4, -0.2) is 46.0 Å². The van der Waals surface area contributed by atoms with Crippen LogP contribution in [0.15, 0.2) is 18.2 Å². The van der Waals surface area contributed by atoms with Crippen LogP contribution < -0.4 is 4.90 Å². The molecule has 5 rings (SSSR count). The minimum absolute atomic E-state index is 0.0504. The average molecular weight is 508 g/mol. The largest absolute Gasteiger partial charge is 0.451 e. The van der Waals surface area contributed by atoms with Crippen molar-refractivity contribution in [2.24, 2.45) is 0 Å². The summed E-state index contributed by atoms with van der Waals surface area (Å²) in [6.07, 6.45) is -10.2. The summed E-state index contributed by atoms with van der Waals surface area (Å²) < 4.78 is 90.8. The number of anilines is 1. The van der Waals surface area contributed by atoms with Gasteiger partial charge in [-0.25, -0.2) is 4.98 Å². The monoisotopic (exact) mass is 507 g/mol. The number of ether oxygens (including phenoxy) is 2. The highest BCUT2D eigenvalue weighted by Gasteiger charge is 2.43. The van der Waals surface area contributed by atoms with Crippen molar-refractivity contribution in [2.45, 2.75) is 37.3 Å². The molecule has 0 radical (unpaired) electrons. The van der Waals surface area contributed by atoms with Crippen LogP contribution in [0.2, 0.25) is 5.02 Å². The molecule has 2 aliphatic heterocycles. The molecule has 7 nitrogen and oxygen atoms in total. The molecule has 0 aliphatic carbocycles. The minimum Gasteiger partial charge on any atom is -0.356 e. The number of nitrogens with zero attached hydrogens (tertiary/aromatic N) is 4. The van der Waals surface area contributed by atoms with Crippen LogP contribution in [0.3, 0.4) is 0 Å². The van der Waals surface area contributed by atoms with E-state index in [4.69, 9.17) is 21.1 Å². The van der Waals surface area contributed by atoms with E-state index in [1.54, 1.807) is 18.2 Å². The summed E-state index contributed by atoms with van der Waals surface area (Å²) in [6.45, 7) is 0.364. The molecule has 4 heterocycles. The highest BCUT2D eigenvalue weighted by Crippen LogP contribution is 2.41. The third kappa shape index (κ3) is 4.27. The van der Waals surface area contributed by atoms with E-state index in [2.05, 4.69) is 19.9 Å². The maximum atomic E-state index is 13.4. The van der Waals surface area contributed by atoms with Crippen LogP contribution in [0, 0.1) is 0 Å². The van der Waals surface area contributed by atoms with E-state index in [9.17, 15) is 26.3 Å². The second-order valence-corrected chi connectivity index (χ2v) is 8.39. The van der Waals surface area contributed by atoms with Gasteiger partial charge in [0.25, 0.3) is 0 Å². The normalized spacial score (nSPS) is 21.3. The van der Waals surface area contributed by atoms with Gasteiger partial charge in [0.05, 0.1) is 18.8 Å². The van der Waals surface area contributed by atoms with E-state index in [-0.39, 0.29) is 26.4 Å². The van der Waals surface area contributed by atoms with Crippen LogP contribution in [-0.2, 0) is 28.2 Å². The molecule has 1 N–H and O–H groups in total. The van der Waals surface area contributed by atoms with Crippen molar-refractivity contribution in [3.63, 3.8) is 0 Å². The summed E-state index contributed by atoms with van der Waals surface area (Å²) in [7, 11) is 0. The fourth-order valence-electron chi connectivity index (χ4n) is 4.33. The summed E-state index contributed by atoms with van der Waals surface area (Å²) in [5.41, 5.74) is 2.24. The standard InChI is InChI=1S/C20H16ClF6N5O2/c21-9-1-2-13-12(5-9)11-3-4-32(14(15(11)28-13)6-10-7-33-8-34-10)18-30-16(19(22,23)24)29-17(31-18)20(25,26)27/h1-2,5,10,14,28H,3-4,6-8H2/t10-,14+/m0/s1. The average Bonchev–Trinajstić information content (AvgIpc) is 3.40. The Morgan fingerprint density at radius 2 is 1.76 bits per heavy atom. The van der Waals surface area contributed by atoms with Gasteiger partial charge in [-0.1, -0.05) is 11.6 Å². The Hall–Kier alpha value is -2.64. The number of rotatable bonds is 3. The number of aromatic nitrogens is 4. The molecule has 0 bridgehead atoms. The van der Waals surface area contributed by atoms with Gasteiger partial charge in [-0.05, 0) is 30.2 Å². The quantitative estimate of drug-likeness (QED) is 0.508. The van der Waals surface area contributed by atoms with Crippen LogP contribution in [0.5, 0.6) is 0 Å². The van der Waals surface area contributed by atoms with E-state index in [0.717, 1.165) is 16.5 Å². The lowest BCUT2D eigenvalue weighted by Gasteiger charge is -2.37. The van der Waals surface area contributed by atoms with Gasteiger partial charge in [0.2, 0.25) is 17.6 Å². The zero-order valence-corrected chi connectivity index (χ0v) is 17.9. The summed E-state index contributed by atoms with van der Waals surface area (Å²) in [4.78, 5) is 14.0. The summed E-state index contributed by atoms with van der Waals surface area (Å²) in [5.74, 6) is -4.52. The number of hydrogen-bond donors (Lipinski definition) is 1. The molecule has 3 aromatic rings. The zero-order chi connectivity index (χ0) is 24.3. The van der Waals surface area contributed by atoms with Crippen molar-refractivity contribution in [1.29, 1.82) is 0 Å². The third-order valence-electron chi connectivity index (χ3n) is 5.78. The molecule has 34 heavy (non-hydrogen) atoms. The van der Waals surface area contributed by atoms with Crippen molar-refractivity contribution >= 4 is 28.5 Å². The topological polar surface area (TPSA) is 76.2 Å². The SMILES string of the molecule is FC(F)(F)c1nc(N2CCc3c([nH]c4ccc(Cl)cc34)[C@H]2C[C@H]2COCO2)nc(C(F)(F)F)n1. The van der Waals surface area contributed by atoms with Crippen molar-refractivity contribution in [1.82, 2.24) is 19.9 Å². The van der Waals surface area contributed by atoms with Gasteiger partial charge < -0.3 is 19.4 Å². The number of alkyl halides is 6. The molecular weight excluding hydrogens is 492 g/mol. The Bertz CT molecular complexity index is 1190. The van der Waals surface area contributed by atoms with E-state index in [1.165, 1.54) is 4.90 Å². The predicted octanol–water partition coefficient (Wildman–Crippen LogP) is 4.91. The Kier molecular flexibility index (Phi) is 5.60. The summed E-state index contributed by atoms with van der Waals surface area (Å²) >= 11 is 6.14. The number of aromatic amines is 1. The van der Waals surface area contributed by atoms with Gasteiger partial charge in [0, 0.05) is 34.6 Å². The second kappa shape index (κ2) is 8.24. The maximum Gasteiger partial charge on any atom is 0.451 e. The Labute approximate surface area is 193 Å². The van der Waals surface area contributed by atoms with Crippen LogP contribution >= 0.6 is 11.6 Å². The van der Waals surface area contributed by atoms with Gasteiger partial charge in [-0.3, -0.25) is 0 Å². The predicted molar refractivity (Wildman–Crippen MR) is 107 cm³/mol. The first-order valence-electron chi connectivity index (χ1n) is 10.2. The molecule has 14 heteroatoms. The highest BCUT2D eigenvalue weighted by atomic mass is 35.5. The third-order valence-corrected chi connectivity index (χ3v) is 6.01. The molecule has 2 aliphatic rings. The summed E-state index contributed by atoms with van der Waals surface area (Å²) in [5, 5.41) is 1.33. The molecular formula is C20H16ClF6N5O2. The number of benzene rings is 1. The Morgan fingerprint density at radius 1 is 1.06 bits per heavy atom. The molecule has 0 spiro atoms. The van der Waals surface area contributed by atoms with Gasteiger partial charge in [0.15, 0.2) is 0 Å². The van der Waals surface area contributed by atoms with Crippen LogP contribution in [0.4, 0.5) is 32.3 Å². The van der Waals surface area contributed by atoms with E-state index < -0.39 is 42.1 Å². The molecule has 182 valence electrons. The second-order valence-electron chi connectivity index (χ2n) is 7.96. The number of fused-ring (bicyclic) bond motifs is 3. The number of nitrogens with one attached hydrogen (secondary N) is 1.